The Labute approximate surface area is 175 Å². The lowest BCUT2D eigenvalue weighted by Gasteiger charge is -2.18. The molecule has 2 aromatic carbocycles. The van der Waals surface area contributed by atoms with Crippen molar-refractivity contribution >= 4 is 27.5 Å². The monoisotopic (exact) mass is 438 g/mol. The molecule has 0 bridgehead atoms. The maximum atomic E-state index is 13.4. The van der Waals surface area contributed by atoms with E-state index >= 15 is 0 Å². The highest BCUT2D eigenvalue weighted by Gasteiger charge is 2.43. The van der Waals surface area contributed by atoms with Crippen LogP contribution >= 0.6 is 11.6 Å². The topological polar surface area (TPSA) is 66.5 Å². The van der Waals surface area contributed by atoms with Crippen LogP contribution < -0.4 is 5.32 Å². The van der Waals surface area contributed by atoms with Crippen LogP contribution in [-0.4, -0.2) is 38.3 Å². The number of nitrogens with one attached hydrogen (secondary N) is 1. The molecular weight excluding hydrogens is 415 g/mol. The van der Waals surface area contributed by atoms with Crippen LogP contribution in [0.2, 0.25) is 5.02 Å². The lowest BCUT2D eigenvalue weighted by atomic mass is 9.88. The van der Waals surface area contributed by atoms with Crippen LogP contribution in [0.3, 0.4) is 0 Å². The third-order valence-electron chi connectivity index (χ3n) is 5.20. The zero-order valence-corrected chi connectivity index (χ0v) is 17.7. The van der Waals surface area contributed by atoms with Crippen molar-refractivity contribution in [2.24, 2.45) is 5.92 Å². The molecule has 156 valence electrons. The molecule has 1 saturated heterocycles. The average Bonchev–Trinajstić information content (AvgIpc) is 3.15. The van der Waals surface area contributed by atoms with Gasteiger partial charge in [0.15, 0.2) is 0 Å². The van der Waals surface area contributed by atoms with Gasteiger partial charge in [-0.3, -0.25) is 4.79 Å². The van der Waals surface area contributed by atoms with Gasteiger partial charge in [-0.15, -0.1) is 0 Å². The maximum Gasteiger partial charge on any atom is 0.243 e. The fraction of sp³-hybridized carbons (Fsp3) is 0.381. The van der Waals surface area contributed by atoms with Crippen molar-refractivity contribution in [2.75, 3.05) is 19.6 Å². The van der Waals surface area contributed by atoms with Crippen LogP contribution in [0.15, 0.2) is 53.4 Å². The lowest BCUT2D eigenvalue weighted by molar-refractivity contribution is -0.124. The number of benzene rings is 2. The first kappa shape index (κ1) is 21.7. The summed E-state index contributed by atoms with van der Waals surface area (Å²) in [6.07, 6.45) is 1.80. The maximum absolute atomic E-state index is 13.4. The Kier molecular flexibility index (Phi) is 6.93. The second-order valence-electron chi connectivity index (χ2n) is 7.19. The van der Waals surface area contributed by atoms with Crippen molar-refractivity contribution in [3.05, 3.63) is 64.9 Å². The molecule has 0 saturated carbocycles. The number of hydrogen-bond acceptors (Lipinski definition) is 3. The molecule has 1 heterocycles. The second-order valence-corrected chi connectivity index (χ2v) is 9.56. The standard InChI is InChI=1S/C21H24ClFN2O3S/c1-2-3-12-24-21(26)20-14-25(13-19(20)15-4-8-17(23)9-5-15)29(27,28)18-10-6-16(22)7-11-18/h4-11,19-20H,2-3,12-14H2,1H3,(H,24,26)/t19-,20+/m0/s1. The van der Waals surface area contributed by atoms with E-state index < -0.39 is 15.9 Å². The lowest BCUT2D eigenvalue weighted by Crippen LogP contribution is -2.36. The number of unbranched alkanes of at least 4 members (excludes halogenated alkanes) is 1. The Bertz CT molecular complexity index is 949. The summed E-state index contributed by atoms with van der Waals surface area (Å²) in [5.41, 5.74) is 0.746. The van der Waals surface area contributed by atoms with Crippen molar-refractivity contribution in [1.29, 1.82) is 0 Å². The van der Waals surface area contributed by atoms with Gasteiger partial charge in [-0.2, -0.15) is 4.31 Å². The minimum Gasteiger partial charge on any atom is -0.356 e. The molecule has 1 N–H and O–H groups in total. The number of rotatable bonds is 7. The average molecular weight is 439 g/mol. The van der Waals surface area contributed by atoms with Crippen molar-refractivity contribution in [3.8, 4) is 0 Å². The predicted molar refractivity (Wildman–Crippen MR) is 111 cm³/mol. The van der Waals surface area contributed by atoms with Crippen LogP contribution in [0.5, 0.6) is 0 Å². The Morgan fingerprint density at radius 2 is 1.79 bits per heavy atom. The molecule has 2 aromatic rings. The summed E-state index contributed by atoms with van der Waals surface area (Å²) in [5, 5.41) is 3.35. The van der Waals surface area contributed by atoms with Crippen molar-refractivity contribution in [1.82, 2.24) is 9.62 Å². The predicted octanol–water partition coefficient (Wildman–Crippen LogP) is 3.80. The van der Waals surface area contributed by atoms with Gasteiger partial charge < -0.3 is 5.32 Å². The number of hydrogen-bond donors (Lipinski definition) is 1. The quantitative estimate of drug-likeness (QED) is 0.668. The van der Waals surface area contributed by atoms with Gasteiger partial charge in [-0.1, -0.05) is 37.1 Å². The summed E-state index contributed by atoms with van der Waals surface area (Å²) in [6, 6.07) is 11.9. The zero-order valence-electron chi connectivity index (χ0n) is 16.1. The van der Waals surface area contributed by atoms with E-state index in [2.05, 4.69) is 5.32 Å². The normalized spacial score (nSPS) is 20.0. The van der Waals surface area contributed by atoms with E-state index in [0.717, 1.165) is 18.4 Å². The molecule has 0 aliphatic carbocycles. The van der Waals surface area contributed by atoms with Crippen LogP contribution in [0.4, 0.5) is 4.39 Å². The van der Waals surface area contributed by atoms with Crippen molar-refractivity contribution < 1.29 is 17.6 Å². The number of nitrogens with zero attached hydrogens (tertiary/aromatic N) is 1. The van der Waals surface area contributed by atoms with Gasteiger partial charge >= 0.3 is 0 Å². The number of carbonyl (C=O) groups is 1. The molecule has 1 aliphatic heterocycles. The van der Waals surface area contributed by atoms with Gasteiger partial charge in [0.25, 0.3) is 0 Å². The van der Waals surface area contributed by atoms with Gasteiger partial charge in [-0.25, -0.2) is 12.8 Å². The highest BCUT2D eigenvalue weighted by atomic mass is 35.5. The Hall–Kier alpha value is -1.96. The fourth-order valence-electron chi connectivity index (χ4n) is 3.55. The first-order valence-electron chi connectivity index (χ1n) is 9.62. The molecule has 2 atom stereocenters. The first-order chi connectivity index (χ1) is 13.8. The van der Waals surface area contributed by atoms with E-state index in [0.29, 0.717) is 11.6 Å². The van der Waals surface area contributed by atoms with Crippen molar-refractivity contribution in [2.45, 2.75) is 30.6 Å². The van der Waals surface area contributed by atoms with E-state index in [1.54, 1.807) is 12.1 Å². The summed E-state index contributed by atoms with van der Waals surface area (Å²) < 4.78 is 40.9. The van der Waals surface area contributed by atoms with Crippen molar-refractivity contribution in [3.63, 3.8) is 0 Å². The second kappa shape index (κ2) is 9.24. The molecule has 1 aliphatic rings. The Morgan fingerprint density at radius 3 is 2.41 bits per heavy atom. The van der Waals surface area contributed by atoms with Crippen LogP contribution in [0.25, 0.3) is 0 Å². The largest absolute Gasteiger partial charge is 0.356 e. The molecule has 0 radical (unpaired) electrons. The SMILES string of the molecule is CCCCNC(=O)[C@@H]1CN(S(=O)(=O)c2ccc(Cl)cc2)C[C@H]1c1ccc(F)cc1. The van der Waals surface area contributed by atoms with Crippen LogP contribution in [-0.2, 0) is 14.8 Å². The third-order valence-corrected chi connectivity index (χ3v) is 7.30. The van der Waals surface area contributed by atoms with Gasteiger partial charge in [0.05, 0.1) is 10.8 Å². The molecule has 1 fully saturated rings. The molecule has 8 heteroatoms. The summed E-state index contributed by atoms with van der Waals surface area (Å²) >= 11 is 5.87. The molecule has 3 rings (SSSR count). The summed E-state index contributed by atoms with van der Waals surface area (Å²) in [5.74, 6) is -1.44. The van der Waals surface area contributed by atoms with Crippen LogP contribution in [0, 0.1) is 11.7 Å². The molecule has 0 spiro atoms. The molecule has 0 unspecified atom stereocenters. The van der Waals surface area contributed by atoms with Gasteiger partial charge in [0.2, 0.25) is 15.9 Å². The minimum absolute atomic E-state index is 0.0744. The number of halogens is 2. The molecule has 5 nitrogen and oxygen atoms in total. The smallest absolute Gasteiger partial charge is 0.243 e. The fourth-order valence-corrected chi connectivity index (χ4v) is 5.17. The zero-order chi connectivity index (χ0) is 21.0. The minimum atomic E-state index is -3.78. The first-order valence-corrected chi connectivity index (χ1v) is 11.4. The number of sulfonamides is 1. The highest BCUT2D eigenvalue weighted by Crippen LogP contribution is 2.36. The number of amides is 1. The molecular formula is C21H24ClFN2O3S. The van der Waals surface area contributed by atoms with E-state index in [1.807, 2.05) is 6.92 Å². The van der Waals surface area contributed by atoms with Crippen LogP contribution in [0.1, 0.15) is 31.2 Å². The Balaban J connectivity index is 1.88. The van der Waals surface area contributed by atoms with E-state index in [-0.39, 0.29) is 35.6 Å². The van der Waals surface area contributed by atoms with Gasteiger partial charge in [-0.05, 0) is 48.4 Å². The molecule has 0 aromatic heterocycles. The number of carbonyl (C=O) groups excluding carboxylic acids is 1. The van der Waals surface area contributed by atoms with Gasteiger partial charge in [0.1, 0.15) is 5.82 Å². The highest BCUT2D eigenvalue weighted by molar-refractivity contribution is 7.89. The van der Waals surface area contributed by atoms with Gasteiger partial charge in [0, 0.05) is 30.6 Å². The third kappa shape index (κ3) is 4.97. The molecule has 29 heavy (non-hydrogen) atoms. The summed E-state index contributed by atoms with van der Waals surface area (Å²) in [4.78, 5) is 12.9. The summed E-state index contributed by atoms with van der Waals surface area (Å²) in [6.45, 7) is 2.81. The Morgan fingerprint density at radius 1 is 1.14 bits per heavy atom. The van der Waals surface area contributed by atoms with E-state index in [4.69, 9.17) is 11.6 Å². The summed E-state index contributed by atoms with van der Waals surface area (Å²) in [7, 11) is -3.78. The van der Waals surface area contributed by atoms with E-state index in [1.165, 1.54) is 40.7 Å². The van der Waals surface area contributed by atoms with E-state index in [9.17, 15) is 17.6 Å². The molecule has 1 amide bonds.